The maximum absolute atomic E-state index is 13.0. The summed E-state index contributed by atoms with van der Waals surface area (Å²) in [5, 5.41) is 28.3. The third-order valence-corrected chi connectivity index (χ3v) is 4.71. The van der Waals surface area contributed by atoms with Gasteiger partial charge in [-0.2, -0.15) is 0 Å². The standard InChI is InChI=1S/C23H18N4O5/c1-14-7-8-17(13-20(14)28)24-22(29)19-12-15-11-18(27(30)31)9-10-21(15)32-23(19)26-25-16-5-3-2-4-6-16/h2-13,25,28H,1H3,(H,24,29)/b26-23+. The third-order valence-electron chi connectivity index (χ3n) is 4.71. The highest BCUT2D eigenvalue weighted by atomic mass is 16.6. The van der Waals surface area contributed by atoms with Gasteiger partial charge in [-0.25, -0.2) is 0 Å². The number of amides is 1. The number of aryl methyl sites for hydroxylation is 1. The first-order valence-corrected chi connectivity index (χ1v) is 9.59. The molecule has 3 aromatic carbocycles. The molecule has 0 saturated carbocycles. The molecular formula is C23H18N4O5. The molecule has 0 spiro atoms. The molecule has 32 heavy (non-hydrogen) atoms. The Morgan fingerprint density at radius 1 is 1.03 bits per heavy atom. The van der Waals surface area contributed by atoms with E-state index in [0.717, 1.165) is 0 Å². The lowest BCUT2D eigenvalue weighted by Crippen LogP contribution is -2.22. The van der Waals surface area contributed by atoms with Gasteiger partial charge in [0, 0.05) is 29.3 Å². The molecule has 1 aromatic heterocycles. The van der Waals surface area contributed by atoms with Crippen molar-refractivity contribution in [1.29, 1.82) is 0 Å². The number of fused-ring (bicyclic) bond motifs is 1. The van der Waals surface area contributed by atoms with Crippen LogP contribution in [0.5, 0.6) is 5.75 Å². The zero-order chi connectivity index (χ0) is 22.7. The van der Waals surface area contributed by atoms with Crippen molar-refractivity contribution in [3.8, 4) is 5.75 Å². The summed E-state index contributed by atoms with van der Waals surface area (Å²) in [4.78, 5) is 23.6. The fourth-order valence-corrected chi connectivity index (χ4v) is 2.99. The number of para-hydroxylation sites is 1. The number of carbonyl (C=O) groups is 1. The molecule has 1 amide bonds. The Balaban J connectivity index is 1.79. The van der Waals surface area contributed by atoms with Gasteiger partial charge >= 0.3 is 0 Å². The van der Waals surface area contributed by atoms with E-state index in [1.54, 1.807) is 31.2 Å². The fraction of sp³-hybridized carbons (Fsp3) is 0.0435. The second-order valence-electron chi connectivity index (χ2n) is 6.99. The molecule has 9 nitrogen and oxygen atoms in total. The number of aromatic hydroxyl groups is 1. The normalized spacial score (nSPS) is 11.3. The maximum atomic E-state index is 13.0. The summed E-state index contributed by atoms with van der Waals surface area (Å²) in [6.07, 6.45) is 0. The number of non-ortho nitro benzene ring substituents is 1. The highest BCUT2D eigenvalue weighted by molar-refractivity contribution is 6.05. The number of rotatable bonds is 5. The molecule has 0 unspecified atom stereocenters. The molecule has 0 radical (unpaired) electrons. The van der Waals surface area contributed by atoms with Crippen molar-refractivity contribution >= 4 is 33.9 Å². The number of benzene rings is 3. The van der Waals surface area contributed by atoms with E-state index in [9.17, 15) is 20.0 Å². The van der Waals surface area contributed by atoms with Crippen LogP contribution in [0, 0.1) is 17.0 Å². The predicted octanol–water partition coefficient (Wildman–Crippen LogP) is 4.54. The van der Waals surface area contributed by atoms with Crippen LogP contribution in [0.2, 0.25) is 0 Å². The summed E-state index contributed by atoms with van der Waals surface area (Å²) >= 11 is 0. The minimum absolute atomic E-state index is 0.0101. The molecule has 1 heterocycles. The molecule has 0 aliphatic rings. The van der Waals surface area contributed by atoms with Gasteiger partial charge in [-0.05, 0) is 42.8 Å². The first-order valence-electron chi connectivity index (χ1n) is 9.59. The van der Waals surface area contributed by atoms with E-state index >= 15 is 0 Å². The number of nitrogens with one attached hydrogen (secondary N) is 2. The van der Waals surface area contributed by atoms with Gasteiger partial charge in [0.15, 0.2) is 0 Å². The lowest BCUT2D eigenvalue weighted by atomic mass is 10.1. The van der Waals surface area contributed by atoms with Gasteiger partial charge in [-0.15, -0.1) is 5.10 Å². The van der Waals surface area contributed by atoms with Crippen molar-refractivity contribution < 1.29 is 19.2 Å². The second kappa shape index (κ2) is 8.60. The summed E-state index contributed by atoms with van der Waals surface area (Å²) in [6.45, 7) is 1.74. The monoisotopic (exact) mass is 430 g/mol. The number of phenolic OH excluding ortho intramolecular Hbond substituents is 1. The van der Waals surface area contributed by atoms with Gasteiger partial charge in [-0.1, -0.05) is 24.3 Å². The third kappa shape index (κ3) is 4.41. The topological polar surface area (TPSA) is 130 Å². The van der Waals surface area contributed by atoms with E-state index in [0.29, 0.717) is 27.9 Å². The zero-order valence-corrected chi connectivity index (χ0v) is 16.9. The summed E-state index contributed by atoms with van der Waals surface area (Å²) in [6, 6.07) is 19.4. The number of anilines is 2. The molecule has 0 fully saturated rings. The Hall–Kier alpha value is -4.66. The summed E-state index contributed by atoms with van der Waals surface area (Å²) in [5.74, 6) is -0.517. The van der Waals surface area contributed by atoms with Gasteiger partial charge in [0.25, 0.3) is 11.6 Å². The number of nitro benzene ring substituents is 1. The Morgan fingerprint density at radius 2 is 1.81 bits per heavy atom. The van der Waals surface area contributed by atoms with Crippen molar-refractivity contribution in [3.05, 3.63) is 99.6 Å². The van der Waals surface area contributed by atoms with E-state index in [-0.39, 0.29) is 22.6 Å². The number of nitrogens with zero attached hydrogens (tertiary/aromatic N) is 2. The molecule has 0 saturated heterocycles. The van der Waals surface area contributed by atoms with E-state index in [1.807, 2.05) is 18.2 Å². The van der Waals surface area contributed by atoms with E-state index in [2.05, 4.69) is 15.8 Å². The van der Waals surface area contributed by atoms with Crippen molar-refractivity contribution in [1.82, 2.24) is 0 Å². The number of phenols is 1. The SMILES string of the molecule is Cc1ccc(NC(=O)c2cc3cc([N+](=O)[O-])ccc3o/c2=N/Nc2ccccc2)cc1O. The molecule has 4 aromatic rings. The Morgan fingerprint density at radius 3 is 2.53 bits per heavy atom. The highest BCUT2D eigenvalue weighted by Crippen LogP contribution is 2.23. The molecule has 160 valence electrons. The van der Waals surface area contributed by atoms with Crippen LogP contribution in [0.25, 0.3) is 11.0 Å². The molecule has 0 bridgehead atoms. The average Bonchev–Trinajstić information content (AvgIpc) is 2.79. The van der Waals surface area contributed by atoms with Crippen LogP contribution in [-0.2, 0) is 0 Å². The van der Waals surface area contributed by atoms with Crippen molar-refractivity contribution in [3.63, 3.8) is 0 Å². The average molecular weight is 430 g/mol. The number of carbonyl (C=O) groups excluding carboxylic acids is 1. The van der Waals surface area contributed by atoms with Gasteiger partial charge in [0.1, 0.15) is 16.9 Å². The first kappa shape index (κ1) is 20.6. The molecule has 4 rings (SSSR count). The van der Waals surface area contributed by atoms with Crippen LogP contribution in [0.1, 0.15) is 15.9 Å². The minimum Gasteiger partial charge on any atom is -0.508 e. The van der Waals surface area contributed by atoms with Crippen LogP contribution in [0.3, 0.4) is 0 Å². The lowest BCUT2D eigenvalue weighted by Gasteiger charge is -2.08. The first-order chi connectivity index (χ1) is 15.4. The minimum atomic E-state index is -0.556. The van der Waals surface area contributed by atoms with E-state index < -0.39 is 10.8 Å². The summed E-state index contributed by atoms with van der Waals surface area (Å²) in [5.41, 5.74) is 4.80. The molecule has 0 aliphatic heterocycles. The molecule has 0 aliphatic carbocycles. The molecule has 0 atom stereocenters. The molecule has 9 heteroatoms. The molecule has 3 N–H and O–H groups in total. The van der Waals surface area contributed by atoms with E-state index in [1.165, 1.54) is 30.3 Å². The zero-order valence-electron chi connectivity index (χ0n) is 16.9. The number of nitro groups is 1. The maximum Gasteiger partial charge on any atom is 0.270 e. The largest absolute Gasteiger partial charge is 0.508 e. The fourth-order valence-electron chi connectivity index (χ4n) is 2.99. The highest BCUT2D eigenvalue weighted by Gasteiger charge is 2.16. The van der Waals surface area contributed by atoms with Crippen LogP contribution in [0.4, 0.5) is 17.1 Å². The van der Waals surface area contributed by atoms with Gasteiger partial charge in [0.05, 0.1) is 10.6 Å². The Kier molecular flexibility index (Phi) is 5.54. The van der Waals surface area contributed by atoms with Crippen molar-refractivity contribution in [2.24, 2.45) is 5.10 Å². The van der Waals surface area contributed by atoms with E-state index in [4.69, 9.17) is 4.42 Å². The Bertz CT molecular complexity index is 1400. The van der Waals surface area contributed by atoms with Gasteiger partial charge in [-0.3, -0.25) is 20.3 Å². The van der Waals surface area contributed by atoms with Crippen LogP contribution >= 0.6 is 0 Å². The van der Waals surface area contributed by atoms with Gasteiger partial charge in [0.2, 0.25) is 5.55 Å². The van der Waals surface area contributed by atoms with Crippen molar-refractivity contribution in [2.75, 3.05) is 10.7 Å². The second-order valence-corrected chi connectivity index (χ2v) is 6.99. The van der Waals surface area contributed by atoms with Crippen LogP contribution < -0.4 is 16.3 Å². The van der Waals surface area contributed by atoms with Gasteiger partial charge < -0.3 is 14.8 Å². The van der Waals surface area contributed by atoms with Crippen LogP contribution in [0.15, 0.2) is 82.3 Å². The number of hydrogen-bond donors (Lipinski definition) is 3. The Labute approximate surface area is 181 Å². The van der Waals surface area contributed by atoms with Crippen LogP contribution in [-0.4, -0.2) is 15.9 Å². The lowest BCUT2D eigenvalue weighted by molar-refractivity contribution is -0.384. The van der Waals surface area contributed by atoms with Crippen molar-refractivity contribution in [2.45, 2.75) is 6.92 Å². The number of hydrogen-bond acceptors (Lipinski definition) is 7. The molecular weight excluding hydrogens is 412 g/mol. The predicted molar refractivity (Wildman–Crippen MR) is 119 cm³/mol. The quantitative estimate of drug-likeness (QED) is 0.315. The smallest absolute Gasteiger partial charge is 0.270 e. The summed E-state index contributed by atoms with van der Waals surface area (Å²) in [7, 11) is 0. The summed E-state index contributed by atoms with van der Waals surface area (Å²) < 4.78 is 5.79.